The highest BCUT2D eigenvalue weighted by Crippen LogP contribution is 2.16. The third-order valence-electron chi connectivity index (χ3n) is 3.90. The summed E-state index contributed by atoms with van der Waals surface area (Å²) in [6, 6.07) is 10.00. The Morgan fingerprint density at radius 3 is 2.32 bits per heavy atom. The number of carbonyl (C=O) groups excluding carboxylic acids is 2. The van der Waals surface area contributed by atoms with E-state index in [-0.39, 0.29) is 30.2 Å². The molecule has 4 nitrogen and oxygen atoms in total. The summed E-state index contributed by atoms with van der Waals surface area (Å²) in [7, 11) is 0. The van der Waals surface area contributed by atoms with Crippen molar-refractivity contribution in [1.29, 1.82) is 0 Å². The van der Waals surface area contributed by atoms with Gasteiger partial charge in [-0.15, -0.1) is 11.3 Å². The van der Waals surface area contributed by atoms with E-state index in [4.69, 9.17) is 0 Å². The minimum atomic E-state index is -0.303. The van der Waals surface area contributed by atoms with Crippen molar-refractivity contribution < 1.29 is 14.0 Å². The van der Waals surface area contributed by atoms with E-state index in [0.717, 1.165) is 10.4 Å². The molecule has 0 aliphatic heterocycles. The number of carbonyl (C=O) groups is 2. The van der Waals surface area contributed by atoms with Crippen LogP contribution in [0, 0.1) is 5.82 Å². The van der Waals surface area contributed by atoms with Crippen molar-refractivity contribution >= 4 is 23.2 Å². The molecule has 1 heterocycles. The van der Waals surface area contributed by atoms with Crippen LogP contribution in [0.5, 0.6) is 0 Å². The SMILES string of the molecule is CC(=O)N(CC(=O)N(Cc1ccc(F)cc1)Cc1cccs1)C(C)C. The molecule has 0 bridgehead atoms. The Morgan fingerprint density at radius 2 is 1.80 bits per heavy atom. The van der Waals surface area contributed by atoms with Gasteiger partial charge in [-0.05, 0) is 43.0 Å². The number of nitrogens with zero attached hydrogens (tertiary/aromatic N) is 2. The monoisotopic (exact) mass is 362 g/mol. The average Bonchev–Trinajstić information content (AvgIpc) is 3.06. The zero-order chi connectivity index (χ0) is 18.4. The lowest BCUT2D eigenvalue weighted by Gasteiger charge is -2.29. The van der Waals surface area contributed by atoms with E-state index < -0.39 is 0 Å². The fourth-order valence-electron chi connectivity index (χ4n) is 2.54. The van der Waals surface area contributed by atoms with Crippen LogP contribution in [0.15, 0.2) is 41.8 Å². The predicted molar refractivity (Wildman–Crippen MR) is 97.5 cm³/mol. The summed E-state index contributed by atoms with van der Waals surface area (Å²) in [4.78, 5) is 28.9. The molecule has 0 atom stereocenters. The fraction of sp³-hybridized carbons (Fsp3) is 0.368. The molecule has 0 aliphatic carbocycles. The number of benzene rings is 1. The van der Waals surface area contributed by atoms with Crippen molar-refractivity contribution in [2.24, 2.45) is 0 Å². The quantitative estimate of drug-likeness (QED) is 0.754. The zero-order valence-corrected chi connectivity index (χ0v) is 15.6. The Morgan fingerprint density at radius 1 is 1.12 bits per heavy atom. The summed E-state index contributed by atoms with van der Waals surface area (Å²) >= 11 is 1.58. The highest BCUT2D eigenvalue weighted by atomic mass is 32.1. The van der Waals surface area contributed by atoms with Crippen LogP contribution in [-0.2, 0) is 22.7 Å². The summed E-state index contributed by atoms with van der Waals surface area (Å²) in [6.07, 6.45) is 0. The van der Waals surface area contributed by atoms with Gasteiger partial charge in [0.05, 0.1) is 13.1 Å². The number of amides is 2. The molecule has 0 unspecified atom stereocenters. The Bertz CT molecular complexity index is 699. The maximum absolute atomic E-state index is 13.1. The van der Waals surface area contributed by atoms with Crippen LogP contribution >= 0.6 is 11.3 Å². The second-order valence-electron chi connectivity index (χ2n) is 6.20. The van der Waals surface area contributed by atoms with Gasteiger partial charge < -0.3 is 9.80 Å². The molecule has 6 heteroatoms. The number of halogens is 1. The van der Waals surface area contributed by atoms with Crippen LogP contribution in [0.4, 0.5) is 4.39 Å². The van der Waals surface area contributed by atoms with E-state index >= 15 is 0 Å². The van der Waals surface area contributed by atoms with E-state index in [2.05, 4.69) is 0 Å². The molecular weight excluding hydrogens is 339 g/mol. The van der Waals surface area contributed by atoms with Crippen molar-refractivity contribution in [1.82, 2.24) is 9.80 Å². The maximum atomic E-state index is 13.1. The number of rotatable bonds is 7. The molecule has 0 N–H and O–H groups in total. The van der Waals surface area contributed by atoms with E-state index in [9.17, 15) is 14.0 Å². The summed E-state index contributed by atoms with van der Waals surface area (Å²) in [5, 5.41) is 1.96. The Balaban J connectivity index is 2.16. The summed E-state index contributed by atoms with van der Waals surface area (Å²) in [6.45, 7) is 6.13. The first-order valence-electron chi connectivity index (χ1n) is 8.18. The van der Waals surface area contributed by atoms with Gasteiger partial charge in [-0.2, -0.15) is 0 Å². The standard InChI is InChI=1S/C19H23FN2O2S/c1-14(2)22(15(3)23)13-19(24)21(12-18-5-4-10-25-18)11-16-6-8-17(20)9-7-16/h4-10,14H,11-13H2,1-3H3. The average molecular weight is 362 g/mol. The van der Waals surface area contributed by atoms with Crippen molar-refractivity contribution in [3.05, 3.63) is 58.0 Å². The molecule has 2 aromatic rings. The van der Waals surface area contributed by atoms with Crippen LogP contribution in [0.3, 0.4) is 0 Å². The van der Waals surface area contributed by atoms with E-state index in [1.165, 1.54) is 19.1 Å². The number of hydrogen-bond donors (Lipinski definition) is 0. The predicted octanol–water partition coefficient (Wildman–Crippen LogP) is 3.67. The first kappa shape index (κ1) is 19.1. The molecular formula is C19H23FN2O2S. The molecule has 1 aromatic heterocycles. The van der Waals surface area contributed by atoms with Crippen LogP contribution in [0.1, 0.15) is 31.2 Å². The number of hydrogen-bond acceptors (Lipinski definition) is 3. The molecule has 1 aromatic carbocycles. The van der Waals surface area contributed by atoms with Gasteiger partial charge in [-0.1, -0.05) is 18.2 Å². The normalized spacial score (nSPS) is 10.8. The van der Waals surface area contributed by atoms with Crippen molar-refractivity contribution in [2.75, 3.05) is 6.54 Å². The van der Waals surface area contributed by atoms with Gasteiger partial charge in [-0.3, -0.25) is 9.59 Å². The number of thiophene rings is 1. The molecule has 0 saturated carbocycles. The van der Waals surface area contributed by atoms with Gasteiger partial charge in [0.25, 0.3) is 0 Å². The van der Waals surface area contributed by atoms with Crippen molar-refractivity contribution in [3.8, 4) is 0 Å². The molecule has 0 radical (unpaired) electrons. The van der Waals surface area contributed by atoms with Gasteiger partial charge in [0, 0.05) is 24.4 Å². The van der Waals surface area contributed by atoms with Crippen LogP contribution < -0.4 is 0 Å². The van der Waals surface area contributed by atoms with Gasteiger partial charge in [0.2, 0.25) is 11.8 Å². The lowest BCUT2D eigenvalue weighted by atomic mass is 10.2. The third kappa shape index (κ3) is 5.67. The summed E-state index contributed by atoms with van der Waals surface area (Å²) in [5.41, 5.74) is 0.852. The molecule has 0 aliphatic rings. The second-order valence-corrected chi connectivity index (χ2v) is 7.23. The van der Waals surface area contributed by atoms with Crippen LogP contribution in [-0.4, -0.2) is 34.2 Å². The summed E-state index contributed by atoms with van der Waals surface area (Å²) < 4.78 is 13.1. The molecule has 2 amide bonds. The van der Waals surface area contributed by atoms with E-state index in [0.29, 0.717) is 13.1 Å². The van der Waals surface area contributed by atoms with Crippen LogP contribution in [0.2, 0.25) is 0 Å². The van der Waals surface area contributed by atoms with Gasteiger partial charge in [0.15, 0.2) is 0 Å². The smallest absolute Gasteiger partial charge is 0.242 e. The minimum Gasteiger partial charge on any atom is -0.332 e. The van der Waals surface area contributed by atoms with E-state index in [1.807, 2.05) is 31.4 Å². The molecule has 2 rings (SSSR count). The first-order chi connectivity index (χ1) is 11.9. The molecule has 25 heavy (non-hydrogen) atoms. The topological polar surface area (TPSA) is 40.6 Å². The molecule has 0 saturated heterocycles. The summed E-state index contributed by atoms with van der Waals surface area (Å²) in [5.74, 6) is -0.551. The lowest BCUT2D eigenvalue weighted by molar-refractivity contribution is -0.141. The highest BCUT2D eigenvalue weighted by molar-refractivity contribution is 7.09. The van der Waals surface area contributed by atoms with Crippen LogP contribution in [0.25, 0.3) is 0 Å². The van der Waals surface area contributed by atoms with Gasteiger partial charge in [0.1, 0.15) is 5.82 Å². The molecule has 0 fully saturated rings. The Kier molecular flexibility index (Phi) is 6.70. The second kappa shape index (κ2) is 8.76. The van der Waals surface area contributed by atoms with Crippen molar-refractivity contribution in [2.45, 2.75) is 39.9 Å². The van der Waals surface area contributed by atoms with Gasteiger partial charge in [-0.25, -0.2) is 4.39 Å². The zero-order valence-electron chi connectivity index (χ0n) is 14.7. The third-order valence-corrected chi connectivity index (χ3v) is 4.76. The first-order valence-corrected chi connectivity index (χ1v) is 9.06. The minimum absolute atomic E-state index is 0.0412. The fourth-order valence-corrected chi connectivity index (χ4v) is 3.26. The molecule has 134 valence electrons. The highest BCUT2D eigenvalue weighted by Gasteiger charge is 2.22. The van der Waals surface area contributed by atoms with E-state index in [1.54, 1.807) is 33.3 Å². The largest absolute Gasteiger partial charge is 0.332 e. The Hall–Kier alpha value is -2.21. The lowest BCUT2D eigenvalue weighted by Crippen LogP contribution is -2.44. The van der Waals surface area contributed by atoms with Crippen molar-refractivity contribution in [3.63, 3.8) is 0 Å². The van der Waals surface area contributed by atoms with Gasteiger partial charge >= 0.3 is 0 Å². The maximum Gasteiger partial charge on any atom is 0.242 e. The Labute approximate surface area is 151 Å². The molecule has 0 spiro atoms.